The van der Waals surface area contributed by atoms with Crippen LogP contribution >= 0.6 is 0 Å². The summed E-state index contributed by atoms with van der Waals surface area (Å²) in [4.78, 5) is 61.6. The molecule has 0 saturated heterocycles. The van der Waals surface area contributed by atoms with E-state index >= 15 is 0 Å². The molecule has 0 atom stereocenters. The number of hydrogen-bond acceptors (Lipinski definition) is 10. The van der Waals surface area contributed by atoms with Gasteiger partial charge in [-0.15, -0.1) is 0 Å². The SMILES string of the molecule is Cc1ccc(N(CC(=O)O)CC(=O)O)c(OCCOc2cc(-c3c4ccc(=O)cc-4n(C)c4cc(O)ccc34)c(C)cc2N(CC(=O)O)CC(=O)O)c1. The number of anilines is 2. The summed E-state index contributed by atoms with van der Waals surface area (Å²) in [6, 6.07) is 17.6. The Bertz CT molecular complexity index is 2230. The van der Waals surface area contributed by atoms with Gasteiger partial charge in [0.05, 0.1) is 22.6 Å². The molecule has 15 heteroatoms. The summed E-state index contributed by atoms with van der Waals surface area (Å²) in [5.74, 6) is -4.70. The normalized spacial score (nSPS) is 11.0. The summed E-state index contributed by atoms with van der Waals surface area (Å²) in [5.41, 5.74) is 4.76. The van der Waals surface area contributed by atoms with E-state index in [0.29, 0.717) is 38.9 Å². The van der Waals surface area contributed by atoms with Gasteiger partial charge in [-0.05, 0) is 79.1 Å². The Morgan fingerprint density at radius 2 is 1.23 bits per heavy atom. The fourth-order valence-corrected chi connectivity index (χ4v) is 6.29. The second-order valence-electron chi connectivity index (χ2n) is 12.4. The summed E-state index contributed by atoms with van der Waals surface area (Å²) < 4.78 is 14.0. The highest BCUT2D eigenvalue weighted by molar-refractivity contribution is 6.05. The van der Waals surface area contributed by atoms with Gasteiger partial charge in [0.15, 0.2) is 5.43 Å². The zero-order chi connectivity index (χ0) is 38.6. The second kappa shape index (κ2) is 15.6. The van der Waals surface area contributed by atoms with Crippen molar-refractivity contribution in [2.45, 2.75) is 13.8 Å². The van der Waals surface area contributed by atoms with Crippen LogP contribution in [0.1, 0.15) is 11.1 Å². The summed E-state index contributed by atoms with van der Waals surface area (Å²) >= 11 is 0. The van der Waals surface area contributed by atoms with Gasteiger partial charge in [-0.25, -0.2) is 0 Å². The average molecular weight is 728 g/mol. The van der Waals surface area contributed by atoms with Crippen molar-refractivity contribution in [3.63, 3.8) is 0 Å². The lowest BCUT2D eigenvalue weighted by Crippen LogP contribution is -2.35. The van der Waals surface area contributed by atoms with Crippen molar-refractivity contribution in [1.82, 2.24) is 4.57 Å². The van der Waals surface area contributed by atoms with E-state index in [-0.39, 0.29) is 47.3 Å². The molecule has 3 aromatic rings. The third-order valence-electron chi connectivity index (χ3n) is 8.49. The molecule has 276 valence electrons. The first-order chi connectivity index (χ1) is 25.1. The minimum Gasteiger partial charge on any atom is -0.508 e. The maximum absolute atomic E-state index is 12.5. The van der Waals surface area contributed by atoms with Crippen LogP contribution in [0.3, 0.4) is 0 Å². The Balaban J connectivity index is 1.60. The molecular formula is C38H37N3O12. The molecule has 0 amide bonds. The topological polar surface area (TPSA) is 216 Å². The van der Waals surface area contributed by atoms with Gasteiger partial charge in [0.1, 0.15) is 56.6 Å². The number of carbonyl (C=O) groups is 4. The maximum Gasteiger partial charge on any atom is 0.323 e. The number of phenols is 1. The molecule has 0 bridgehead atoms. The van der Waals surface area contributed by atoms with Gasteiger partial charge < -0.3 is 49.4 Å². The van der Waals surface area contributed by atoms with E-state index in [1.807, 2.05) is 0 Å². The monoisotopic (exact) mass is 727 g/mol. The molecule has 53 heavy (non-hydrogen) atoms. The van der Waals surface area contributed by atoms with E-state index in [9.17, 15) is 49.5 Å². The highest BCUT2D eigenvalue weighted by Crippen LogP contribution is 2.44. The fraction of sp³-hybridized carbons (Fsp3) is 0.237. The van der Waals surface area contributed by atoms with Gasteiger partial charge in [-0.2, -0.15) is 0 Å². The second-order valence-corrected chi connectivity index (χ2v) is 12.4. The first-order valence-corrected chi connectivity index (χ1v) is 16.3. The molecule has 2 aliphatic rings. The molecule has 5 N–H and O–H groups in total. The van der Waals surface area contributed by atoms with Crippen LogP contribution in [0.4, 0.5) is 11.4 Å². The number of pyridine rings is 1. The standard InChI is InChI=1S/C38H37N3O12/c1-21-4-9-28(40(17-34(44)45)18-35(46)47)32(12-21)52-10-11-53-33-16-27(22(2)13-31(33)41(19-36(48)49)20-37(50)51)38-25-7-5-23(42)14-29(25)39(3)30-15-24(43)6-8-26(30)38/h4-9,12-16,42H,10-11,17-20H2,1-3H3,(H,44,45)(H,46,47)(H,48,49)(H,50,51). The number of fused-ring (bicyclic) bond motifs is 2. The van der Waals surface area contributed by atoms with E-state index in [4.69, 9.17) is 9.47 Å². The predicted octanol–water partition coefficient (Wildman–Crippen LogP) is 4.04. The molecule has 0 unspecified atom stereocenters. The van der Waals surface area contributed by atoms with Gasteiger partial charge in [-0.3, -0.25) is 24.0 Å². The quantitative estimate of drug-likeness (QED) is 0.0717. The van der Waals surface area contributed by atoms with Gasteiger partial charge >= 0.3 is 23.9 Å². The third kappa shape index (κ3) is 8.58. The largest absolute Gasteiger partial charge is 0.508 e. The lowest BCUT2D eigenvalue weighted by atomic mass is 9.89. The molecule has 0 fully saturated rings. The number of phenolic OH excluding ortho intramolecular Hbond substituents is 1. The summed E-state index contributed by atoms with van der Waals surface area (Å²) in [6.07, 6.45) is 0. The zero-order valence-electron chi connectivity index (χ0n) is 29.0. The minimum absolute atomic E-state index is 0.0107. The van der Waals surface area contributed by atoms with Crippen molar-refractivity contribution in [2.24, 2.45) is 7.05 Å². The van der Waals surface area contributed by atoms with E-state index in [1.54, 1.807) is 74.0 Å². The van der Waals surface area contributed by atoms with Crippen LogP contribution in [-0.2, 0) is 26.2 Å². The molecule has 1 aliphatic carbocycles. The molecule has 0 saturated carbocycles. The van der Waals surface area contributed by atoms with Crippen molar-refractivity contribution < 1.29 is 54.2 Å². The lowest BCUT2D eigenvalue weighted by molar-refractivity contribution is -0.138. The molecular weight excluding hydrogens is 690 g/mol. The van der Waals surface area contributed by atoms with Crippen molar-refractivity contribution in [2.75, 3.05) is 49.2 Å². The average Bonchev–Trinajstić information content (AvgIpc) is 3.06. The number of aryl methyl sites for hydroxylation is 3. The van der Waals surface area contributed by atoms with Crippen molar-refractivity contribution in [1.29, 1.82) is 0 Å². The number of benzene rings is 4. The van der Waals surface area contributed by atoms with Crippen LogP contribution in [0.5, 0.6) is 17.2 Å². The van der Waals surface area contributed by atoms with E-state index in [2.05, 4.69) is 0 Å². The number of aromatic hydroxyl groups is 1. The number of nitrogens with zero attached hydrogens (tertiary/aromatic N) is 3. The number of rotatable bonds is 16. The van der Waals surface area contributed by atoms with Crippen LogP contribution in [0.25, 0.3) is 33.3 Å². The number of aliphatic carboxylic acids is 4. The molecule has 5 rings (SSSR count). The Morgan fingerprint density at radius 1 is 0.660 bits per heavy atom. The summed E-state index contributed by atoms with van der Waals surface area (Å²) in [5, 5.41) is 49.2. The van der Waals surface area contributed by atoms with Crippen LogP contribution in [0, 0.1) is 13.8 Å². The molecule has 0 radical (unpaired) electrons. The van der Waals surface area contributed by atoms with Crippen LogP contribution < -0.4 is 24.7 Å². The lowest BCUT2D eigenvalue weighted by Gasteiger charge is -2.27. The Morgan fingerprint density at radius 3 is 1.81 bits per heavy atom. The maximum atomic E-state index is 12.5. The van der Waals surface area contributed by atoms with E-state index in [0.717, 1.165) is 15.4 Å². The van der Waals surface area contributed by atoms with Crippen LogP contribution in [0.15, 0.2) is 71.5 Å². The third-order valence-corrected chi connectivity index (χ3v) is 8.49. The molecule has 1 heterocycles. The predicted molar refractivity (Wildman–Crippen MR) is 195 cm³/mol. The Hall–Kier alpha value is -6.77. The zero-order valence-corrected chi connectivity index (χ0v) is 29.0. The van der Waals surface area contributed by atoms with Crippen molar-refractivity contribution in [3.05, 3.63) is 88.1 Å². The highest BCUT2D eigenvalue weighted by atomic mass is 16.5. The van der Waals surface area contributed by atoms with Crippen molar-refractivity contribution >= 4 is 46.2 Å². The minimum atomic E-state index is -1.28. The summed E-state index contributed by atoms with van der Waals surface area (Å²) in [6.45, 7) is 0.739. The van der Waals surface area contributed by atoms with Gasteiger partial charge in [0.2, 0.25) is 0 Å². The van der Waals surface area contributed by atoms with Crippen LogP contribution in [0.2, 0.25) is 0 Å². The van der Waals surface area contributed by atoms with E-state index < -0.39 is 50.1 Å². The molecule has 15 nitrogen and oxygen atoms in total. The molecule has 0 aromatic heterocycles. The number of aromatic nitrogens is 1. The van der Waals surface area contributed by atoms with Gasteiger partial charge in [-0.1, -0.05) is 6.07 Å². The number of hydrogen-bond donors (Lipinski definition) is 5. The smallest absolute Gasteiger partial charge is 0.323 e. The van der Waals surface area contributed by atoms with E-state index in [1.165, 1.54) is 18.2 Å². The highest BCUT2D eigenvalue weighted by Gasteiger charge is 2.25. The number of carboxylic acids is 4. The fourth-order valence-electron chi connectivity index (χ4n) is 6.29. The van der Waals surface area contributed by atoms with Gasteiger partial charge in [0, 0.05) is 35.7 Å². The number of carboxylic acid groups (broad SMARTS) is 4. The molecule has 1 aliphatic heterocycles. The Labute approximate surface area is 302 Å². The Kier molecular flexibility index (Phi) is 11.1. The molecule has 3 aromatic carbocycles. The first kappa shape index (κ1) is 37.5. The molecule has 0 spiro atoms. The summed E-state index contributed by atoms with van der Waals surface area (Å²) in [7, 11) is 1.77. The first-order valence-electron chi connectivity index (χ1n) is 16.3. The van der Waals surface area contributed by atoms with Crippen LogP contribution in [-0.4, -0.2) is 93.4 Å². The van der Waals surface area contributed by atoms with Gasteiger partial charge in [0.25, 0.3) is 0 Å². The van der Waals surface area contributed by atoms with Crippen molar-refractivity contribution in [3.8, 4) is 39.6 Å². The number of ether oxygens (including phenoxy) is 2.